The monoisotopic (exact) mass is 367 g/mol. The van der Waals surface area contributed by atoms with Gasteiger partial charge in [-0.3, -0.25) is 9.59 Å². The lowest BCUT2D eigenvalue weighted by Gasteiger charge is -2.16. The van der Waals surface area contributed by atoms with Crippen LogP contribution in [0.1, 0.15) is 35.7 Å². The Hall–Kier alpha value is -1.57. The molecule has 1 atom stereocenters. The van der Waals surface area contributed by atoms with Crippen LogP contribution in [0, 0.1) is 0 Å². The van der Waals surface area contributed by atoms with E-state index < -0.39 is 29.7 Å². The molecule has 0 bridgehead atoms. The number of halogens is 4. The molecule has 1 rings (SSSR count). The van der Waals surface area contributed by atoms with Gasteiger partial charge in [-0.1, -0.05) is 22.9 Å². The van der Waals surface area contributed by atoms with Crippen LogP contribution >= 0.6 is 15.9 Å². The van der Waals surface area contributed by atoms with Gasteiger partial charge in [-0.05, 0) is 24.6 Å². The minimum Gasteiger partial charge on any atom is -0.481 e. The molecule has 1 amide bonds. The number of alkyl halides is 3. The fourth-order valence-corrected chi connectivity index (χ4v) is 2.13. The molecule has 8 heteroatoms. The first kappa shape index (κ1) is 17.5. The van der Waals surface area contributed by atoms with E-state index in [1.165, 1.54) is 6.07 Å². The number of carboxylic acid groups (broad SMARTS) is 1. The lowest BCUT2D eigenvalue weighted by Crippen LogP contribution is -2.36. The number of benzene rings is 1. The molecular weight excluding hydrogens is 355 g/mol. The summed E-state index contributed by atoms with van der Waals surface area (Å²) in [4.78, 5) is 22.5. The maximum absolute atomic E-state index is 12.8. The number of carbonyl (C=O) groups excluding carboxylic acids is 1. The summed E-state index contributed by atoms with van der Waals surface area (Å²) in [5.74, 6) is -1.82. The van der Waals surface area contributed by atoms with E-state index in [1.54, 1.807) is 6.92 Å². The third-order valence-electron chi connectivity index (χ3n) is 2.78. The zero-order valence-corrected chi connectivity index (χ0v) is 12.6. The van der Waals surface area contributed by atoms with E-state index in [0.29, 0.717) is 6.42 Å². The Morgan fingerprint density at radius 1 is 1.38 bits per heavy atom. The minimum absolute atomic E-state index is 0.163. The molecule has 0 aliphatic rings. The Morgan fingerprint density at radius 3 is 2.48 bits per heavy atom. The summed E-state index contributed by atoms with van der Waals surface area (Å²) in [6, 6.07) is 2.47. The smallest absolute Gasteiger partial charge is 0.417 e. The summed E-state index contributed by atoms with van der Waals surface area (Å²) in [5.41, 5.74) is -1.13. The van der Waals surface area contributed by atoms with Gasteiger partial charge < -0.3 is 10.4 Å². The van der Waals surface area contributed by atoms with Gasteiger partial charge in [0.05, 0.1) is 12.0 Å². The summed E-state index contributed by atoms with van der Waals surface area (Å²) in [6.45, 7) is 1.68. The molecule has 21 heavy (non-hydrogen) atoms. The van der Waals surface area contributed by atoms with Crippen LogP contribution in [0.5, 0.6) is 0 Å². The van der Waals surface area contributed by atoms with Crippen LogP contribution in [0.3, 0.4) is 0 Å². The molecule has 0 spiro atoms. The predicted molar refractivity (Wildman–Crippen MR) is 72.9 cm³/mol. The summed E-state index contributed by atoms with van der Waals surface area (Å²) in [5, 5.41) is 11.1. The maximum atomic E-state index is 12.8. The molecule has 0 saturated heterocycles. The van der Waals surface area contributed by atoms with Gasteiger partial charge in [-0.15, -0.1) is 0 Å². The van der Waals surface area contributed by atoms with Crippen molar-refractivity contribution >= 4 is 27.8 Å². The van der Waals surface area contributed by atoms with Gasteiger partial charge in [-0.2, -0.15) is 13.2 Å². The van der Waals surface area contributed by atoms with E-state index in [0.717, 1.165) is 12.1 Å². The molecule has 0 heterocycles. The number of rotatable bonds is 5. The fraction of sp³-hybridized carbons (Fsp3) is 0.385. The van der Waals surface area contributed by atoms with Crippen LogP contribution in [0.4, 0.5) is 13.2 Å². The summed E-state index contributed by atoms with van der Waals surface area (Å²) < 4.78 is 38.1. The van der Waals surface area contributed by atoms with Gasteiger partial charge in [0.15, 0.2) is 0 Å². The predicted octanol–water partition coefficient (Wildman–Crippen LogP) is 3.45. The Kier molecular flexibility index (Phi) is 5.77. The molecule has 0 saturated carbocycles. The van der Waals surface area contributed by atoms with Crippen molar-refractivity contribution in [3.63, 3.8) is 0 Å². The highest BCUT2D eigenvalue weighted by Gasteiger charge is 2.33. The lowest BCUT2D eigenvalue weighted by atomic mass is 10.1. The molecule has 1 unspecified atom stereocenters. The second-order valence-corrected chi connectivity index (χ2v) is 5.22. The second kappa shape index (κ2) is 6.93. The molecule has 0 aromatic heterocycles. The molecular formula is C13H13BrF3NO3. The Labute approximate surface area is 127 Å². The van der Waals surface area contributed by atoms with Crippen LogP contribution in [-0.4, -0.2) is 23.0 Å². The highest BCUT2D eigenvalue weighted by atomic mass is 79.9. The zero-order valence-electron chi connectivity index (χ0n) is 11.0. The first-order valence-electron chi connectivity index (χ1n) is 6.04. The number of aliphatic carboxylic acids is 1. The molecule has 1 aromatic rings. The van der Waals surface area contributed by atoms with Crippen molar-refractivity contribution in [3.8, 4) is 0 Å². The molecule has 2 N–H and O–H groups in total. The summed E-state index contributed by atoms with van der Waals surface area (Å²) in [6.07, 6.45) is -4.51. The van der Waals surface area contributed by atoms with E-state index in [9.17, 15) is 22.8 Å². The van der Waals surface area contributed by atoms with E-state index in [2.05, 4.69) is 21.2 Å². The average Bonchev–Trinajstić information content (AvgIpc) is 2.36. The molecule has 0 fully saturated rings. The molecule has 4 nitrogen and oxygen atoms in total. The summed E-state index contributed by atoms with van der Waals surface area (Å²) in [7, 11) is 0. The van der Waals surface area contributed by atoms with E-state index in [-0.39, 0.29) is 16.5 Å². The number of nitrogens with one attached hydrogen (secondary N) is 1. The van der Waals surface area contributed by atoms with Crippen LogP contribution < -0.4 is 5.32 Å². The van der Waals surface area contributed by atoms with Gasteiger partial charge in [0, 0.05) is 16.1 Å². The Balaban J connectivity index is 2.95. The van der Waals surface area contributed by atoms with Gasteiger partial charge in [0.1, 0.15) is 0 Å². The van der Waals surface area contributed by atoms with Gasteiger partial charge in [-0.25, -0.2) is 0 Å². The summed E-state index contributed by atoms with van der Waals surface area (Å²) >= 11 is 2.78. The largest absolute Gasteiger partial charge is 0.481 e. The van der Waals surface area contributed by atoms with Gasteiger partial charge in [0.2, 0.25) is 0 Å². The average molecular weight is 368 g/mol. The van der Waals surface area contributed by atoms with Crippen molar-refractivity contribution in [2.75, 3.05) is 0 Å². The zero-order chi connectivity index (χ0) is 16.2. The number of hydrogen-bond donors (Lipinski definition) is 2. The topological polar surface area (TPSA) is 66.4 Å². The van der Waals surface area contributed by atoms with Crippen LogP contribution in [0.2, 0.25) is 0 Å². The third-order valence-corrected chi connectivity index (χ3v) is 3.47. The van der Waals surface area contributed by atoms with E-state index in [4.69, 9.17) is 5.11 Å². The minimum atomic E-state index is -4.58. The highest BCUT2D eigenvalue weighted by Crippen LogP contribution is 2.35. The fourth-order valence-electron chi connectivity index (χ4n) is 1.66. The number of carboxylic acids is 1. The maximum Gasteiger partial charge on any atom is 0.417 e. The van der Waals surface area contributed by atoms with Crippen molar-refractivity contribution < 1.29 is 27.9 Å². The van der Waals surface area contributed by atoms with Crippen molar-refractivity contribution in [3.05, 3.63) is 33.8 Å². The normalized spacial score (nSPS) is 12.8. The number of carbonyl (C=O) groups is 2. The molecule has 0 aliphatic heterocycles. The Morgan fingerprint density at radius 2 is 2.00 bits per heavy atom. The number of amides is 1. The number of hydrogen-bond acceptors (Lipinski definition) is 2. The van der Waals surface area contributed by atoms with E-state index >= 15 is 0 Å². The molecule has 0 aliphatic carbocycles. The molecule has 1 aromatic carbocycles. The highest BCUT2D eigenvalue weighted by molar-refractivity contribution is 9.10. The van der Waals surface area contributed by atoms with Gasteiger partial charge >= 0.3 is 12.1 Å². The Bertz CT molecular complexity index is 546. The van der Waals surface area contributed by atoms with Crippen molar-refractivity contribution in [2.45, 2.75) is 32.0 Å². The van der Waals surface area contributed by atoms with Crippen LogP contribution in [0.15, 0.2) is 22.7 Å². The van der Waals surface area contributed by atoms with Gasteiger partial charge in [0.25, 0.3) is 5.91 Å². The lowest BCUT2D eigenvalue weighted by molar-refractivity contribution is -0.138. The SMILES string of the molecule is CCC(CC(=O)O)NC(=O)c1ccc(Br)c(C(F)(F)F)c1. The molecule has 0 radical (unpaired) electrons. The van der Waals surface area contributed by atoms with E-state index in [1.807, 2.05) is 0 Å². The van der Waals surface area contributed by atoms with Crippen molar-refractivity contribution in [2.24, 2.45) is 0 Å². The second-order valence-electron chi connectivity index (χ2n) is 4.37. The first-order chi connectivity index (χ1) is 9.65. The van der Waals surface area contributed by atoms with Crippen molar-refractivity contribution in [1.82, 2.24) is 5.32 Å². The quantitative estimate of drug-likeness (QED) is 0.837. The third kappa shape index (κ3) is 5.04. The van der Waals surface area contributed by atoms with Crippen molar-refractivity contribution in [1.29, 1.82) is 0 Å². The van der Waals surface area contributed by atoms with Crippen LogP contribution in [0.25, 0.3) is 0 Å². The first-order valence-corrected chi connectivity index (χ1v) is 6.83. The van der Waals surface area contributed by atoms with Crippen LogP contribution in [-0.2, 0) is 11.0 Å². The standard InChI is InChI=1S/C13H13BrF3NO3/c1-2-8(6-11(19)20)18-12(21)7-3-4-10(14)9(5-7)13(15,16)17/h3-5,8H,2,6H2,1H3,(H,18,21)(H,19,20). The molecule has 116 valence electrons.